The fourth-order valence-corrected chi connectivity index (χ4v) is 2.14. The van der Waals surface area contributed by atoms with Gasteiger partial charge in [-0.05, 0) is 39.2 Å². The van der Waals surface area contributed by atoms with Crippen LogP contribution in [0.2, 0.25) is 0 Å². The number of rotatable bonds is 8. The molecule has 1 unspecified atom stereocenters. The van der Waals surface area contributed by atoms with E-state index in [1.54, 1.807) is 12.7 Å². The van der Waals surface area contributed by atoms with Crippen LogP contribution in [0.4, 0.5) is 0 Å². The smallest absolute Gasteiger partial charge is 0.0700 e. The second kappa shape index (κ2) is 8.74. The Morgan fingerprint density at radius 2 is 2.19 bits per heavy atom. The standard InChI is InChI=1S/C13H25NO2/c1-14-13(8-9-16-11-10-15-2)12-6-4-3-5-7-12/h6,13-14H,3-5,7-11H2,1-2H3. The van der Waals surface area contributed by atoms with Crippen molar-refractivity contribution in [1.29, 1.82) is 0 Å². The summed E-state index contributed by atoms with van der Waals surface area (Å²) >= 11 is 0. The number of hydrogen-bond acceptors (Lipinski definition) is 3. The zero-order valence-electron chi connectivity index (χ0n) is 10.6. The third-order valence-corrected chi connectivity index (χ3v) is 3.10. The van der Waals surface area contributed by atoms with Crippen molar-refractivity contribution >= 4 is 0 Å². The van der Waals surface area contributed by atoms with Gasteiger partial charge in [0.25, 0.3) is 0 Å². The Hall–Kier alpha value is -0.380. The van der Waals surface area contributed by atoms with Crippen molar-refractivity contribution in [2.24, 2.45) is 0 Å². The lowest BCUT2D eigenvalue weighted by molar-refractivity contribution is 0.0671. The van der Waals surface area contributed by atoms with Crippen LogP contribution in [0.1, 0.15) is 32.1 Å². The molecule has 0 aromatic heterocycles. The summed E-state index contributed by atoms with van der Waals surface area (Å²) in [6.45, 7) is 2.20. The second-order valence-electron chi connectivity index (χ2n) is 4.26. The molecule has 1 aliphatic carbocycles. The summed E-state index contributed by atoms with van der Waals surface area (Å²) in [5.41, 5.74) is 1.57. The van der Waals surface area contributed by atoms with Crippen LogP contribution in [0, 0.1) is 0 Å². The topological polar surface area (TPSA) is 30.5 Å². The van der Waals surface area contributed by atoms with E-state index in [4.69, 9.17) is 9.47 Å². The van der Waals surface area contributed by atoms with E-state index in [1.807, 2.05) is 7.05 Å². The molecule has 3 nitrogen and oxygen atoms in total. The summed E-state index contributed by atoms with van der Waals surface area (Å²) in [6.07, 6.45) is 8.66. The van der Waals surface area contributed by atoms with E-state index < -0.39 is 0 Å². The number of nitrogens with one attached hydrogen (secondary N) is 1. The minimum absolute atomic E-state index is 0.503. The van der Waals surface area contributed by atoms with Crippen molar-refractivity contribution in [2.45, 2.75) is 38.1 Å². The van der Waals surface area contributed by atoms with Crippen LogP contribution < -0.4 is 5.32 Å². The van der Waals surface area contributed by atoms with Gasteiger partial charge in [-0.2, -0.15) is 0 Å². The number of likely N-dealkylation sites (N-methyl/N-ethyl adjacent to an activating group) is 1. The van der Waals surface area contributed by atoms with Gasteiger partial charge in [-0.1, -0.05) is 11.6 Å². The number of methoxy groups -OCH3 is 1. The average Bonchev–Trinajstić information content (AvgIpc) is 2.35. The van der Waals surface area contributed by atoms with Gasteiger partial charge >= 0.3 is 0 Å². The fourth-order valence-electron chi connectivity index (χ4n) is 2.14. The summed E-state index contributed by atoms with van der Waals surface area (Å²) in [5, 5.41) is 3.38. The molecule has 16 heavy (non-hydrogen) atoms. The zero-order chi connectivity index (χ0) is 11.6. The largest absolute Gasteiger partial charge is 0.382 e. The summed E-state index contributed by atoms with van der Waals surface area (Å²) in [5.74, 6) is 0. The third kappa shape index (κ3) is 5.10. The lowest BCUT2D eigenvalue weighted by Crippen LogP contribution is -2.29. The maximum absolute atomic E-state index is 5.50. The Morgan fingerprint density at radius 3 is 2.81 bits per heavy atom. The molecule has 94 valence electrons. The monoisotopic (exact) mass is 227 g/mol. The predicted molar refractivity (Wildman–Crippen MR) is 66.7 cm³/mol. The van der Waals surface area contributed by atoms with Gasteiger partial charge < -0.3 is 14.8 Å². The van der Waals surface area contributed by atoms with Gasteiger partial charge in [0.15, 0.2) is 0 Å². The summed E-state index contributed by atoms with van der Waals surface area (Å²) < 4.78 is 10.4. The molecule has 0 radical (unpaired) electrons. The van der Waals surface area contributed by atoms with Crippen LogP contribution >= 0.6 is 0 Å². The number of ether oxygens (including phenoxy) is 2. The van der Waals surface area contributed by atoms with Crippen LogP contribution in [-0.4, -0.2) is 40.0 Å². The molecule has 3 heteroatoms. The normalized spacial score (nSPS) is 18.2. The maximum Gasteiger partial charge on any atom is 0.0700 e. The Morgan fingerprint density at radius 1 is 1.31 bits per heavy atom. The van der Waals surface area contributed by atoms with E-state index >= 15 is 0 Å². The molecule has 0 saturated carbocycles. The first-order chi connectivity index (χ1) is 7.88. The van der Waals surface area contributed by atoms with Crippen molar-refractivity contribution in [1.82, 2.24) is 5.32 Å². The van der Waals surface area contributed by atoms with Crippen LogP contribution in [0.15, 0.2) is 11.6 Å². The molecule has 0 aromatic carbocycles. The third-order valence-electron chi connectivity index (χ3n) is 3.10. The zero-order valence-corrected chi connectivity index (χ0v) is 10.6. The Labute approximate surface area is 99.2 Å². The molecule has 0 spiro atoms. The summed E-state index contributed by atoms with van der Waals surface area (Å²) in [6, 6.07) is 0.503. The molecule has 0 aromatic rings. The molecule has 1 atom stereocenters. The summed E-state index contributed by atoms with van der Waals surface area (Å²) in [4.78, 5) is 0. The van der Waals surface area contributed by atoms with Gasteiger partial charge in [0.2, 0.25) is 0 Å². The molecule has 1 rings (SSSR count). The van der Waals surface area contributed by atoms with Crippen molar-refractivity contribution in [3.8, 4) is 0 Å². The predicted octanol–water partition coefficient (Wildman–Crippen LogP) is 2.13. The molecule has 0 bridgehead atoms. The van der Waals surface area contributed by atoms with Gasteiger partial charge in [0, 0.05) is 19.8 Å². The molecule has 0 saturated heterocycles. The highest BCUT2D eigenvalue weighted by molar-refractivity contribution is 5.12. The van der Waals surface area contributed by atoms with Gasteiger partial charge in [-0.15, -0.1) is 0 Å². The molecule has 1 N–H and O–H groups in total. The fraction of sp³-hybridized carbons (Fsp3) is 0.846. The van der Waals surface area contributed by atoms with E-state index in [2.05, 4.69) is 11.4 Å². The SMILES string of the molecule is CNC(CCOCCOC)C1=CCCCC1. The summed E-state index contributed by atoms with van der Waals surface area (Å²) in [7, 11) is 3.74. The van der Waals surface area contributed by atoms with Crippen molar-refractivity contribution < 1.29 is 9.47 Å². The minimum atomic E-state index is 0.503. The molecule has 0 heterocycles. The minimum Gasteiger partial charge on any atom is -0.382 e. The second-order valence-corrected chi connectivity index (χ2v) is 4.26. The molecule has 0 fully saturated rings. The van der Waals surface area contributed by atoms with Gasteiger partial charge in [-0.25, -0.2) is 0 Å². The molecule has 0 aliphatic heterocycles. The van der Waals surface area contributed by atoms with Crippen molar-refractivity contribution in [3.05, 3.63) is 11.6 Å². The lowest BCUT2D eigenvalue weighted by atomic mass is 9.92. The Kier molecular flexibility index (Phi) is 7.47. The van der Waals surface area contributed by atoms with E-state index in [9.17, 15) is 0 Å². The average molecular weight is 227 g/mol. The van der Waals surface area contributed by atoms with Crippen molar-refractivity contribution in [3.63, 3.8) is 0 Å². The van der Waals surface area contributed by atoms with Gasteiger partial charge in [0.05, 0.1) is 13.2 Å². The highest BCUT2D eigenvalue weighted by atomic mass is 16.5. The Balaban J connectivity index is 2.18. The van der Waals surface area contributed by atoms with E-state index in [0.29, 0.717) is 19.3 Å². The highest BCUT2D eigenvalue weighted by Gasteiger charge is 2.13. The lowest BCUT2D eigenvalue weighted by Gasteiger charge is -2.22. The molecular weight excluding hydrogens is 202 g/mol. The maximum atomic E-state index is 5.50. The van der Waals surface area contributed by atoms with Crippen LogP contribution in [0.3, 0.4) is 0 Å². The van der Waals surface area contributed by atoms with Gasteiger partial charge in [-0.3, -0.25) is 0 Å². The van der Waals surface area contributed by atoms with Crippen LogP contribution in [-0.2, 0) is 9.47 Å². The first-order valence-electron chi connectivity index (χ1n) is 6.31. The van der Waals surface area contributed by atoms with Crippen LogP contribution in [0.25, 0.3) is 0 Å². The van der Waals surface area contributed by atoms with E-state index in [0.717, 1.165) is 13.0 Å². The van der Waals surface area contributed by atoms with Crippen LogP contribution in [0.5, 0.6) is 0 Å². The molecule has 1 aliphatic rings. The Bertz CT molecular complexity index is 204. The molecule has 0 amide bonds. The van der Waals surface area contributed by atoms with E-state index in [-0.39, 0.29) is 0 Å². The van der Waals surface area contributed by atoms with E-state index in [1.165, 1.54) is 25.7 Å². The molecular formula is C13H25NO2. The first kappa shape index (κ1) is 13.7. The quantitative estimate of drug-likeness (QED) is 0.509. The van der Waals surface area contributed by atoms with Gasteiger partial charge in [0.1, 0.15) is 0 Å². The number of hydrogen-bond donors (Lipinski definition) is 1. The van der Waals surface area contributed by atoms with Crippen molar-refractivity contribution in [2.75, 3.05) is 34.0 Å². The highest BCUT2D eigenvalue weighted by Crippen LogP contribution is 2.21. The number of allylic oxidation sites excluding steroid dienone is 1. The first-order valence-corrected chi connectivity index (χ1v) is 6.31.